The number of nitrogens with one attached hydrogen (secondary N) is 11. The zero-order chi connectivity index (χ0) is 73.9. The van der Waals surface area contributed by atoms with Crippen molar-refractivity contribution in [1.82, 2.24) is 58.2 Å². The van der Waals surface area contributed by atoms with E-state index in [9.17, 15) is 77.3 Å². The van der Waals surface area contributed by atoms with Gasteiger partial charge < -0.3 is 74.1 Å². The van der Waals surface area contributed by atoms with E-state index in [1.807, 2.05) is 50.3 Å². The number of aromatic hydroxyl groups is 1. The fourth-order valence-electron chi connectivity index (χ4n) is 11.5. The monoisotopic (exact) mass is 1400 g/mol. The van der Waals surface area contributed by atoms with Gasteiger partial charge in [-0.2, -0.15) is 0 Å². The van der Waals surface area contributed by atoms with Crippen LogP contribution in [0.15, 0.2) is 66.9 Å². The van der Waals surface area contributed by atoms with Gasteiger partial charge in [-0.15, -0.1) is 0 Å². The zero-order valence-corrected chi connectivity index (χ0v) is 58.9. The van der Waals surface area contributed by atoms with Crippen molar-refractivity contribution >= 4 is 93.4 Å². The second kappa shape index (κ2) is 40.5. The van der Waals surface area contributed by atoms with Gasteiger partial charge in [-0.05, 0) is 148 Å². The van der Waals surface area contributed by atoms with Gasteiger partial charge in [-0.25, -0.2) is 0 Å². The number of carbonyl (C=O) groups excluding carboxylic acids is 13. The molecule has 4 rings (SSSR count). The Balaban J connectivity index is 0.0000260. The SMILES string of the molecule is C.CC(=O)C[C@]1(C)CCCCCC/C=C/CCC[C@@](C)(C(=O)NC(C)C(=O)N[C@@H](C)C(=O)NC(C)C(=O)N[C@@H](C)C(=O)NC(C)C(=O)N[C@@H](C)C(N)=O)NC(=O)[C@H](CC(C)C)CCC(=O)[C@H](Cc2c[nH]c3ccccc23)NC(=O)C(Cc2ccc(O)cc2)NC(=O)[C@H](CCC(=O)O)NC1=O. The molecule has 28 nitrogen and oxygen atoms in total. The van der Waals surface area contributed by atoms with Gasteiger partial charge in [0.2, 0.25) is 65.0 Å². The molecule has 1 aliphatic heterocycles. The van der Waals surface area contributed by atoms with Crippen molar-refractivity contribution in [2.24, 2.45) is 23.0 Å². The van der Waals surface area contributed by atoms with E-state index < -0.39 is 154 Å². The lowest BCUT2D eigenvalue weighted by Crippen LogP contribution is -2.61. The number of nitrogens with two attached hydrogens (primary N) is 1. The Morgan fingerprint density at radius 1 is 0.600 bits per heavy atom. The highest BCUT2D eigenvalue weighted by molar-refractivity contribution is 6.00. The highest BCUT2D eigenvalue weighted by Gasteiger charge is 2.41. The second-order valence-corrected chi connectivity index (χ2v) is 27.2. The molecule has 552 valence electrons. The molecule has 1 aromatic heterocycles. The van der Waals surface area contributed by atoms with Crippen LogP contribution in [0, 0.1) is 17.3 Å². The average molecular weight is 1400 g/mol. The predicted molar refractivity (Wildman–Crippen MR) is 376 cm³/mol. The van der Waals surface area contributed by atoms with E-state index in [-0.39, 0.29) is 82.7 Å². The van der Waals surface area contributed by atoms with E-state index >= 15 is 0 Å². The molecule has 1 aliphatic rings. The van der Waals surface area contributed by atoms with Gasteiger partial charge in [0, 0.05) is 55.1 Å². The Kier molecular flexibility index (Phi) is 34.3. The van der Waals surface area contributed by atoms with Crippen LogP contribution in [-0.4, -0.2) is 158 Å². The smallest absolute Gasteiger partial charge is 0.303 e. The number of carboxylic acid groups (broad SMARTS) is 1. The number of phenols is 1. The van der Waals surface area contributed by atoms with Gasteiger partial charge in [0.05, 0.1) is 11.5 Å². The van der Waals surface area contributed by atoms with E-state index in [1.165, 1.54) is 79.7 Å². The fraction of sp³-hybridized carbons (Fsp3) is 0.583. The number of aromatic amines is 1. The number of rotatable bonds is 24. The number of ketones is 2. The number of hydrogen-bond donors (Lipinski definition) is 14. The van der Waals surface area contributed by atoms with Crippen molar-refractivity contribution in [3.63, 3.8) is 0 Å². The lowest BCUT2D eigenvalue weighted by atomic mass is 9.79. The maximum atomic E-state index is 15.0. The molecule has 0 saturated heterocycles. The molecule has 0 fully saturated rings. The highest BCUT2D eigenvalue weighted by Crippen LogP contribution is 2.31. The average Bonchev–Trinajstić information content (AvgIpc) is 1.42. The first kappa shape index (κ1) is 84.7. The van der Waals surface area contributed by atoms with E-state index in [0.717, 1.165) is 23.7 Å². The van der Waals surface area contributed by atoms with Crippen molar-refractivity contribution < 1.29 is 77.3 Å². The number of amides is 11. The van der Waals surface area contributed by atoms with Gasteiger partial charge in [0.15, 0.2) is 5.78 Å². The summed E-state index contributed by atoms with van der Waals surface area (Å²) >= 11 is 0. The third kappa shape index (κ3) is 27.7. The minimum Gasteiger partial charge on any atom is -0.508 e. The number of aromatic nitrogens is 1. The van der Waals surface area contributed by atoms with Gasteiger partial charge in [-0.3, -0.25) is 67.1 Å². The van der Waals surface area contributed by atoms with Crippen LogP contribution in [0.25, 0.3) is 10.9 Å². The second-order valence-electron chi connectivity index (χ2n) is 27.2. The Hall–Kier alpha value is -9.50. The lowest BCUT2D eigenvalue weighted by molar-refractivity contribution is -0.140. The van der Waals surface area contributed by atoms with Crippen LogP contribution in [0.2, 0.25) is 0 Å². The molecule has 4 unspecified atom stereocenters. The Morgan fingerprint density at radius 3 is 1.65 bits per heavy atom. The van der Waals surface area contributed by atoms with Crippen LogP contribution in [0.1, 0.15) is 191 Å². The molecule has 0 saturated carbocycles. The van der Waals surface area contributed by atoms with Crippen LogP contribution >= 0.6 is 0 Å². The molecule has 28 heteroatoms. The number of aliphatic carboxylic acids is 1. The fourth-order valence-corrected chi connectivity index (χ4v) is 11.5. The summed E-state index contributed by atoms with van der Waals surface area (Å²) in [4.78, 5) is 193. The maximum absolute atomic E-state index is 15.0. The Labute approximate surface area is 586 Å². The summed E-state index contributed by atoms with van der Waals surface area (Å²) in [6.45, 7) is 16.4. The van der Waals surface area contributed by atoms with Gasteiger partial charge >= 0.3 is 5.97 Å². The number of carbonyl (C=O) groups is 14. The minimum absolute atomic E-state index is 0. The predicted octanol–water partition coefficient (Wildman–Crippen LogP) is 4.08. The molecule has 3 aromatic rings. The van der Waals surface area contributed by atoms with Gasteiger partial charge in [-0.1, -0.05) is 89.9 Å². The first-order chi connectivity index (χ1) is 46.5. The third-order valence-corrected chi connectivity index (χ3v) is 17.6. The number of phenolic OH excluding ortho intramolecular Hbond substituents is 1. The number of fused-ring (bicyclic) bond motifs is 1. The molecule has 0 aliphatic carbocycles. The largest absolute Gasteiger partial charge is 0.508 e. The van der Waals surface area contributed by atoms with Crippen molar-refractivity contribution in [3.05, 3.63) is 78.0 Å². The number of para-hydroxylation sites is 1. The minimum atomic E-state index is -1.67. The number of H-pyrrole nitrogens is 1. The molecule has 11 amide bonds. The standard InChI is InChI=1S/C71H104N12O16.CH4/c1-40(2)35-49-27-31-57(86)55(37-50-39-73-53-24-20-19-23-52(50)53)80-67(97)56(36-48-25-28-51(85)29-26-48)81-66(96)54(30-32-58(87)88)82-68(98)70(10,38-41(3)84)33-21-17-15-13-12-14-16-18-22-34-71(11,83-65(49)95)69(99)79-47(9)64(94)78-46(8)63(93)77-45(7)62(92)76-44(6)61(91)75-43(5)60(90)74-42(4)59(72)89;/h14,16,19-20,23-26,28-29,39-40,42-47,49,54-56,73,85H,12-13,15,17-18,21-22,27,30-38H2,1-11H3,(H2,72,89)(H,74,90)(H,75,91)(H,76,92)(H,77,93)(H,78,94)(H,79,99)(H,80,97)(H,81,96)(H,82,98)(H,83,95)(H,87,88);1H4/b16-14+;/t42-,43?,44-,45?,46-,47?,49-,54-,55-,56?,70-,71-;/m0./s1. The van der Waals surface area contributed by atoms with Crippen molar-refractivity contribution in [2.75, 3.05) is 0 Å². The summed E-state index contributed by atoms with van der Waals surface area (Å²) in [5.41, 5.74) is 4.08. The van der Waals surface area contributed by atoms with Crippen LogP contribution in [-0.2, 0) is 80.0 Å². The Morgan fingerprint density at radius 2 is 1.11 bits per heavy atom. The quantitative estimate of drug-likeness (QED) is 0.0562. The topological polar surface area (TPSA) is 442 Å². The number of Topliss-reactive ketones (excluding diaryl/α,β-unsaturated/α-hetero) is 2. The normalized spacial score (nSPS) is 22.6. The zero-order valence-electron chi connectivity index (χ0n) is 58.9. The summed E-state index contributed by atoms with van der Waals surface area (Å²) in [6.07, 6.45) is 8.82. The number of carboxylic acids is 1. The first-order valence-electron chi connectivity index (χ1n) is 34.1. The van der Waals surface area contributed by atoms with Gasteiger partial charge in [0.1, 0.15) is 65.4 Å². The highest BCUT2D eigenvalue weighted by atomic mass is 16.4. The molecule has 15 N–H and O–H groups in total. The molecule has 12 atom stereocenters. The summed E-state index contributed by atoms with van der Waals surface area (Å²) in [5.74, 6) is -11.4. The Bertz CT molecular complexity index is 3390. The van der Waals surface area contributed by atoms with Crippen LogP contribution in [0.5, 0.6) is 5.75 Å². The molecule has 0 bridgehead atoms. The van der Waals surface area contributed by atoms with E-state index in [2.05, 4.69) is 58.2 Å². The van der Waals surface area contributed by atoms with Crippen molar-refractivity contribution in [2.45, 2.75) is 253 Å². The maximum Gasteiger partial charge on any atom is 0.303 e. The molecule has 2 heterocycles. The van der Waals surface area contributed by atoms with E-state index in [1.54, 1.807) is 13.1 Å². The lowest BCUT2D eigenvalue weighted by Gasteiger charge is -2.33. The van der Waals surface area contributed by atoms with Crippen molar-refractivity contribution in [1.29, 1.82) is 0 Å². The molecule has 0 radical (unpaired) electrons. The summed E-state index contributed by atoms with van der Waals surface area (Å²) < 4.78 is 0. The molecule has 2 aromatic carbocycles. The van der Waals surface area contributed by atoms with E-state index in [4.69, 9.17) is 5.73 Å². The van der Waals surface area contributed by atoms with Crippen LogP contribution in [0.4, 0.5) is 0 Å². The number of benzene rings is 2. The number of allylic oxidation sites excluding steroid dienone is 2. The van der Waals surface area contributed by atoms with Crippen molar-refractivity contribution in [3.8, 4) is 5.75 Å². The summed E-state index contributed by atoms with van der Waals surface area (Å²) in [7, 11) is 0. The number of primary amides is 1. The summed E-state index contributed by atoms with van der Waals surface area (Å²) in [6, 6.07) is 1.81. The molecule has 100 heavy (non-hydrogen) atoms. The third-order valence-electron chi connectivity index (χ3n) is 17.6. The summed E-state index contributed by atoms with van der Waals surface area (Å²) in [5, 5.41) is 46.9. The molecular formula is C72H108N12O16. The molecule has 0 spiro atoms. The first-order valence-corrected chi connectivity index (χ1v) is 34.1. The molecular weight excluding hydrogens is 1290 g/mol. The van der Waals surface area contributed by atoms with Gasteiger partial charge in [0.25, 0.3) is 0 Å². The van der Waals surface area contributed by atoms with Crippen LogP contribution in [0.3, 0.4) is 0 Å². The van der Waals surface area contributed by atoms with Crippen LogP contribution < -0.4 is 58.9 Å². The van der Waals surface area contributed by atoms with E-state index in [0.29, 0.717) is 43.2 Å². The number of hydrogen-bond acceptors (Lipinski definition) is 15.